The standard InChI is InChI=1S/C21H19ClN4O2S/c1-29-13-11-16(20-25-24-19-8-4-5-12-26(19)20)23-21(27)18-10-9-17(28-18)14-6-2-3-7-15(14)22/h2-10,12,16H,11,13H2,1H3,(H,23,27)/t16-/m1/s1. The first kappa shape index (κ1) is 19.5. The molecule has 0 aliphatic rings. The van der Waals surface area contributed by atoms with Crippen molar-refractivity contribution >= 4 is 34.9 Å². The van der Waals surface area contributed by atoms with Gasteiger partial charge in [-0.15, -0.1) is 10.2 Å². The molecule has 6 nitrogen and oxygen atoms in total. The predicted molar refractivity (Wildman–Crippen MR) is 115 cm³/mol. The summed E-state index contributed by atoms with van der Waals surface area (Å²) in [5.74, 6) is 2.04. The highest BCUT2D eigenvalue weighted by Gasteiger charge is 2.22. The molecule has 148 valence electrons. The normalized spacial score (nSPS) is 12.2. The number of amides is 1. The fourth-order valence-corrected chi connectivity index (χ4v) is 3.79. The first-order valence-electron chi connectivity index (χ1n) is 9.11. The first-order valence-corrected chi connectivity index (χ1v) is 10.9. The number of carbonyl (C=O) groups is 1. The van der Waals surface area contributed by atoms with Crippen LogP contribution in [0.25, 0.3) is 17.0 Å². The van der Waals surface area contributed by atoms with E-state index in [-0.39, 0.29) is 17.7 Å². The van der Waals surface area contributed by atoms with E-state index in [4.69, 9.17) is 16.0 Å². The van der Waals surface area contributed by atoms with Gasteiger partial charge in [0.15, 0.2) is 17.2 Å². The Morgan fingerprint density at radius 1 is 1.17 bits per heavy atom. The number of carbonyl (C=O) groups excluding carboxylic acids is 1. The van der Waals surface area contributed by atoms with Crippen LogP contribution in [0.4, 0.5) is 0 Å². The molecule has 1 aromatic carbocycles. The summed E-state index contributed by atoms with van der Waals surface area (Å²) in [6.45, 7) is 0. The second kappa shape index (κ2) is 8.71. The van der Waals surface area contributed by atoms with Crippen LogP contribution < -0.4 is 5.32 Å². The molecule has 1 amide bonds. The van der Waals surface area contributed by atoms with Crippen LogP contribution in [-0.2, 0) is 0 Å². The lowest BCUT2D eigenvalue weighted by molar-refractivity contribution is 0.0906. The van der Waals surface area contributed by atoms with E-state index >= 15 is 0 Å². The average Bonchev–Trinajstić information content (AvgIpc) is 3.39. The number of nitrogens with zero attached hydrogens (tertiary/aromatic N) is 3. The molecule has 0 unspecified atom stereocenters. The fraction of sp³-hybridized carbons (Fsp3) is 0.190. The lowest BCUT2D eigenvalue weighted by Crippen LogP contribution is -2.30. The zero-order valence-electron chi connectivity index (χ0n) is 15.7. The van der Waals surface area contributed by atoms with Crippen LogP contribution in [0.15, 0.2) is 65.2 Å². The molecule has 0 saturated heterocycles. The maximum Gasteiger partial charge on any atom is 0.287 e. The van der Waals surface area contributed by atoms with E-state index in [1.54, 1.807) is 30.0 Å². The number of furan rings is 1. The van der Waals surface area contributed by atoms with Gasteiger partial charge in [0, 0.05) is 11.8 Å². The number of halogens is 1. The Labute approximate surface area is 177 Å². The number of rotatable bonds is 7. The number of thioether (sulfide) groups is 1. The number of hydrogen-bond acceptors (Lipinski definition) is 5. The maximum atomic E-state index is 12.9. The Balaban J connectivity index is 1.58. The van der Waals surface area contributed by atoms with Crippen molar-refractivity contribution in [2.75, 3.05) is 12.0 Å². The molecule has 0 saturated carbocycles. The summed E-state index contributed by atoms with van der Waals surface area (Å²) in [5.41, 5.74) is 1.49. The molecule has 0 aliphatic heterocycles. The molecular weight excluding hydrogens is 408 g/mol. The molecular formula is C21H19ClN4O2S. The highest BCUT2D eigenvalue weighted by atomic mass is 35.5. The van der Waals surface area contributed by atoms with Gasteiger partial charge in [-0.25, -0.2) is 0 Å². The van der Waals surface area contributed by atoms with Gasteiger partial charge in [0.25, 0.3) is 5.91 Å². The number of nitrogens with one attached hydrogen (secondary N) is 1. The van der Waals surface area contributed by atoms with Gasteiger partial charge in [-0.05, 0) is 54.8 Å². The summed E-state index contributed by atoms with van der Waals surface area (Å²) >= 11 is 7.94. The van der Waals surface area contributed by atoms with E-state index < -0.39 is 0 Å². The van der Waals surface area contributed by atoms with Crippen LogP contribution >= 0.6 is 23.4 Å². The number of benzene rings is 1. The largest absolute Gasteiger partial charge is 0.451 e. The zero-order valence-corrected chi connectivity index (χ0v) is 17.3. The van der Waals surface area contributed by atoms with Crippen molar-refractivity contribution in [1.29, 1.82) is 0 Å². The van der Waals surface area contributed by atoms with Crippen molar-refractivity contribution in [1.82, 2.24) is 19.9 Å². The smallest absolute Gasteiger partial charge is 0.287 e. The lowest BCUT2D eigenvalue weighted by Gasteiger charge is -2.16. The molecule has 0 spiro atoms. The van der Waals surface area contributed by atoms with Gasteiger partial charge >= 0.3 is 0 Å². The Bertz CT molecular complexity index is 1140. The van der Waals surface area contributed by atoms with Crippen LogP contribution in [0.1, 0.15) is 28.8 Å². The van der Waals surface area contributed by atoms with Gasteiger partial charge in [-0.1, -0.05) is 29.8 Å². The number of aromatic nitrogens is 3. The van der Waals surface area contributed by atoms with Crippen molar-refractivity contribution in [3.05, 3.63) is 77.4 Å². The van der Waals surface area contributed by atoms with Crippen molar-refractivity contribution in [3.63, 3.8) is 0 Å². The summed E-state index contributed by atoms with van der Waals surface area (Å²) in [6.07, 6.45) is 4.65. The second-order valence-corrected chi connectivity index (χ2v) is 7.83. The van der Waals surface area contributed by atoms with Crippen LogP contribution in [0.3, 0.4) is 0 Å². The topological polar surface area (TPSA) is 72.4 Å². The Morgan fingerprint density at radius 3 is 2.83 bits per heavy atom. The van der Waals surface area contributed by atoms with Gasteiger partial charge < -0.3 is 9.73 Å². The molecule has 0 aliphatic carbocycles. The van der Waals surface area contributed by atoms with E-state index in [0.717, 1.165) is 23.4 Å². The van der Waals surface area contributed by atoms with Gasteiger partial charge in [0.2, 0.25) is 0 Å². The third-order valence-electron chi connectivity index (χ3n) is 4.54. The third-order valence-corrected chi connectivity index (χ3v) is 5.51. The Hall–Kier alpha value is -2.77. The minimum absolute atomic E-state index is 0.225. The fourth-order valence-electron chi connectivity index (χ4n) is 3.09. The van der Waals surface area contributed by atoms with Gasteiger partial charge in [0.1, 0.15) is 5.76 Å². The molecule has 4 aromatic rings. The summed E-state index contributed by atoms with van der Waals surface area (Å²) in [6, 6.07) is 16.2. The van der Waals surface area contributed by atoms with Crippen molar-refractivity contribution in [3.8, 4) is 11.3 Å². The summed E-state index contributed by atoms with van der Waals surface area (Å²) in [7, 11) is 0. The summed E-state index contributed by atoms with van der Waals surface area (Å²) in [5, 5.41) is 12.1. The highest BCUT2D eigenvalue weighted by molar-refractivity contribution is 7.98. The van der Waals surface area contributed by atoms with Crippen LogP contribution in [0, 0.1) is 0 Å². The molecule has 29 heavy (non-hydrogen) atoms. The number of fused-ring (bicyclic) bond motifs is 1. The number of hydrogen-bond donors (Lipinski definition) is 1. The highest BCUT2D eigenvalue weighted by Crippen LogP contribution is 2.29. The second-order valence-electron chi connectivity index (χ2n) is 6.44. The van der Waals surface area contributed by atoms with Crippen LogP contribution in [-0.4, -0.2) is 32.5 Å². The average molecular weight is 427 g/mol. The van der Waals surface area contributed by atoms with Crippen molar-refractivity contribution in [2.24, 2.45) is 0 Å². The molecule has 1 N–H and O–H groups in total. The zero-order chi connectivity index (χ0) is 20.2. The van der Waals surface area contributed by atoms with Crippen LogP contribution in [0.5, 0.6) is 0 Å². The monoisotopic (exact) mass is 426 g/mol. The SMILES string of the molecule is CSCC[C@@H](NC(=O)c1ccc(-c2ccccc2Cl)o1)c1nnc2ccccn12. The van der Waals surface area contributed by atoms with Crippen molar-refractivity contribution in [2.45, 2.75) is 12.5 Å². The van der Waals surface area contributed by atoms with E-state index in [1.807, 2.05) is 53.3 Å². The molecule has 3 aromatic heterocycles. The maximum absolute atomic E-state index is 12.9. The van der Waals surface area contributed by atoms with E-state index in [0.29, 0.717) is 16.6 Å². The molecule has 0 radical (unpaired) electrons. The van der Waals surface area contributed by atoms with E-state index in [1.165, 1.54) is 0 Å². The predicted octanol–water partition coefficient (Wildman–Crippen LogP) is 4.87. The molecule has 3 heterocycles. The summed E-state index contributed by atoms with van der Waals surface area (Å²) in [4.78, 5) is 12.9. The lowest BCUT2D eigenvalue weighted by atomic mass is 10.2. The first-order chi connectivity index (χ1) is 14.2. The molecule has 4 rings (SSSR count). The Morgan fingerprint density at radius 2 is 2.00 bits per heavy atom. The van der Waals surface area contributed by atoms with E-state index in [9.17, 15) is 4.79 Å². The Kier molecular flexibility index (Phi) is 5.87. The van der Waals surface area contributed by atoms with Crippen molar-refractivity contribution < 1.29 is 9.21 Å². The molecule has 0 bridgehead atoms. The van der Waals surface area contributed by atoms with E-state index in [2.05, 4.69) is 15.5 Å². The minimum Gasteiger partial charge on any atom is -0.451 e. The minimum atomic E-state index is -0.304. The molecule has 0 fully saturated rings. The quantitative estimate of drug-likeness (QED) is 0.456. The number of pyridine rings is 1. The summed E-state index contributed by atoms with van der Waals surface area (Å²) < 4.78 is 7.67. The molecule has 8 heteroatoms. The third kappa shape index (κ3) is 4.16. The van der Waals surface area contributed by atoms with Gasteiger partial charge in [0.05, 0.1) is 11.1 Å². The van der Waals surface area contributed by atoms with Gasteiger partial charge in [-0.3, -0.25) is 9.20 Å². The molecule has 1 atom stereocenters. The van der Waals surface area contributed by atoms with Gasteiger partial charge in [-0.2, -0.15) is 11.8 Å². The van der Waals surface area contributed by atoms with Crippen LogP contribution in [0.2, 0.25) is 5.02 Å².